The summed E-state index contributed by atoms with van der Waals surface area (Å²) >= 11 is 0. The number of ether oxygens (including phenoxy) is 2. The van der Waals surface area contributed by atoms with Gasteiger partial charge in [-0.2, -0.15) is 0 Å². The molecule has 0 aromatic carbocycles. The molecule has 0 radical (unpaired) electrons. The summed E-state index contributed by atoms with van der Waals surface area (Å²) in [4.78, 5) is 0. The molecule has 0 aromatic heterocycles. The Morgan fingerprint density at radius 1 is 1.00 bits per heavy atom. The molecule has 2 N–H and O–H groups in total. The lowest BCUT2D eigenvalue weighted by atomic mass is 9.94. The minimum Gasteiger partial charge on any atom is -0.376 e. The minimum atomic E-state index is 0.253. The van der Waals surface area contributed by atoms with Gasteiger partial charge in [0.15, 0.2) is 0 Å². The molecule has 0 amide bonds. The maximum Gasteiger partial charge on any atom is 0.0817 e. The van der Waals surface area contributed by atoms with Crippen LogP contribution in [0.4, 0.5) is 0 Å². The van der Waals surface area contributed by atoms with E-state index >= 15 is 0 Å². The molecule has 2 aliphatic carbocycles. The highest BCUT2D eigenvalue weighted by Crippen LogP contribution is 2.43. The third-order valence-electron chi connectivity index (χ3n) is 5.09. The van der Waals surface area contributed by atoms with Gasteiger partial charge in [0, 0.05) is 6.04 Å². The predicted octanol–water partition coefficient (Wildman–Crippen LogP) is 2.76. The second-order valence-corrected chi connectivity index (χ2v) is 6.54. The average Bonchev–Trinajstić information content (AvgIpc) is 3.00. The summed E-state index contributed by atoms with van der Waals surface area (Å²) in [5, 5.41) is 0. The molecule has 1 saturated heterocycles. The topological polar surface area (TPSA) is 44.5 Å². The summed E-state index contributed by atoms with van der Waals surface area (Å²) in [5.74, 6) is 0. The second-order valence-electron chi connectivity index (χ2n) is 6.54. The Balaban J connectivity index is 1.39. The Kier molecular flexibility index (Phi) is 3.92. The van der Waals surface area contributed by atoms with Crippen LogP contribution in [0.1, 0.15) is 64.2 Å². The van der Waals surface area contributed by atoms with Crippen LogP contribution < -0.4 is 5.73 Å². The van der Waals surface area contributed by atoms with Gasteiger partial charge in [-0.25, -0.2) is 0 Å². The zero-order valence-corrected chi connectivity index (χ0v) is 11.4. The lowest BCUT2D eigenvalue weighted by Crippen LogP contribution is -2.32. The number of hydrogen-bond donors (Lipinski definition) is 1. The van der Waals surface area contributed by atoms with Crippen molar-refractivity contribution in [3.8, 4) is 0 Å². The van der Waals surface area contributed by atoms with Gasteiger partial charge in [0.25, 0.3) is 0 Å². The molecule has 1 unspecified atom stereocenters. The van der Waals surface area contributed by atoms with Crippen LogP contribution in [0.2, 0.25) is 0 Å². The normalized spacial score (nSPS) is 39.5. The summed E-state index contributed by atoms with van der Waals surface area (Å²) in [6, 6.07) is 0.411. The molecule has 1 heterocycles. The van der Waals surface area contributed by atoms with Crippen molar-refractivity contribution >= 4 is 0 Å². The van der Waals surface area contributed by atoms with Crippen molar-refractivity contribution in [2.75, 3.05) is 6.61 Å². The Morgan fingerprint density at radius 2 is 1.72 bits per heavy atom. The van der Waals surface area contributed by atoms with Crippen molar-refractivity contribution in [3.63, 3.8) is 0 Å². The second kappa shape index (κ2) is 5.48. The molecule has 1 spiro atoms. The molecular weight excluding hydrogens is 226 g/mol. The highest BCUT2D eigenvalue weighted by Gasteiger charge is 2.42. The lowest BCUT2D eigenvalue weighted by molar-refractivity contribution is -0.0869. The Bertz CT molecular complexity index is 268. The van der Waals surface area contributed by atoms with Crippen LogP contribution in [-0.2, 0) is 9.47 Å². The third kappa shape index (κ3) is 2.89. The van der Waals surface area contributed by atoms with Gasteiger partial charge in [-0.05, 0) is 51.4 Å². The maximum absolute atomic E-state index is 6.27. The standard InChI is InChI=1S/C15H27NO2/c16-12-3-5-13(6-4-12)17-11-14-7-10-15(18-14)8-1-2-9-15/h12-14H,1-11,16H2. The zero-order valence-electron chi connectivity index (χ0n) is 11.4. The van der Waals surface area contributed by atoms with Crippen molar-refractivity contribution in [2.45, 2.75) is 88.1 Å². The summed E-state index contributed by atoms with van der Waals surface area (Å²) in [6.45, 7) is 0.807. The summed E-state index contributed by atoms with van der Waals surface area (Å²) in [7, 11) is 0. The molecule has 1 aliphatic heterocycles. The first-order chi connectivity index (χ1) is 8.76. The Morgan fingerprint density at radius 3 is 2.44 bits per heavy atom. The third-order valence-corrected chi connectivity index (χ3v) is 5.09. The average molecular weight is 253 g/mol. The van der Waals surface area contributed by atoms with Gasteiger partial charge in [-0.3, -0.25) is 0 Å². The van der Waals surface area contributed by atoms with Crippen molar-refractivity contribution in [1.29, 1.82) is 0 Å². The van der Waals surface area contributed by atoms with Crippen LogP contribution in [0.3, 0.4) is 0 Å². The predicted molar refractivity (Wildman–Crippen MR) is 71.5 cm³/mol. The number of rotatable bonds is 3. The molecule has 3 rings (SSSR count). The van der Waals surface area contributed by atoms with Gasteiger partial charge in [0.2, 0.25) is 0 Å². The quantitative estimate of drug-likeness (QED) is 0.841. The van der Waals surface area contributed by atoms with Crippen LogP contribution in [0.15, 0.2) is 0 Å². The molecule has 18 heavy (non-hydrogen) atoms. The van der Waals surface area contributed by atoms with Gasteiger partial charge < -0.3 is 15.2 Å². The molecule has 3 aliphatic rings. The molecule has 3 nitrogen and oxygen atoms in total. The van der Waals surface area contributed by atoms with Gasteiger partial charge >= 0.3 is 0 Å². The fourth-order valence-electron chi connectivity index (χ4n) is 3.90. The highest BCUT2D eigenvalue weighted by molar-refractivity contribution is 4.92. The largest absolute Gasteiger partial charge is 0.376 e. The van der Waals surface area contributed by atoms with Crippen LogP contribution in [-0.4, -0.2) is 30.5 Å². The van der Waals surface area contributed by atoms with E-state index < -0.39 is 0 Å². The van der Waals surface area contributed by atoms with Crippen LogP contribution >= 0.6 is 0 Å². The van der Waals surface area contributed by atoms with Gasteiger partial charge in [-0.1, -0.05) is 12.8 Å². The maximum atomic E-state index is 6.27. The zero-order chi connectivity index (χ0) is 12.4. The van der Waals surface area contributed by atoms with Crippen molar-refractivity contribution < 1.29 is 9.47 Å². The lowest BCUT2D eigenvalue weighted by Gasteiger charge is -2.28. The number of hydrogen-bond acceptors (Lipinski definition) is 3. The van der Waals surface area contributed by atoms with Crippen LogP contribution in [0.5, 0.6) is 0 Å². The van der Waals surface area contributed by atoms with E-state index in [0.717, 1.165) is 32.3 Å². The molecule has 0 aromatic rings. The Hall–Kier alpha value is -0.120. The molecule has 3 fully saturated rings. The van der Waals surface area contributed by atoms with E-state index in [1.54, 1.807) is 0 Å². The molecule has 0 bridgehead atoms. The first kappa shape index (κ1) is 12.9. The SMILES string of the molecule is NC1CCC(OCC2CCC3(CCCC3)O2)CC1. The number of nitrogens with two attached hydrogens (primary N) is 1. The van der Waals surface area contributed by atoms with Gasteiger partial charge in [0.1, 0.15) is 0 Å². The molecule has 104 valence electrons. The highest BCUT2D eigenvalue weighted by atomic mass is 16.6. The molecule has 2 saturated carbocycles. The fourth-order valence-corrected chi connectivity index (χ4v) is 3.90. The first-order valence-electron chi connectivity index (χ1n) is 7.81. The van der Waals surface area contributed by atoms with Crippen LogP contribution in [0.25, 0.3) is 0 Å². The molecular formula is C15H27NO2. The van der Waals surface area contributed by atoms with E-state index in [9.17, 15) is 0 Å². The van der Waals surface area contributed by atoms with Crippen LogP contribution in [0, 0.1) is 0 Å². The summed E-state index contributed by atoms with van der Waals surface area (Å²) in [5.41, 5.74) is 6.17. The van der Waals surface area contributed by atoms with E-state index in [0.29, 0.717) is 18.2 Å². The molecule has 1 atom stereocenters. The van der Waals surface area contributed by atoms with Crippen molar-refractivity contribution in [1.82, 2.24) is 0 Å². The van der Waals surface area contributed by atoms with Crippen molar-refractivity contribution in [3.05, 3.63) is 0 Å². The Labute approximate surface area is 110 Å². The van der Waals surface area contributed by atoms with E-state index in [4.69, 9.17) is 15.2 Å². The van der Waals surface area contributed by atoms with E-state index in [1.807, 2.05) is 0 Å². The first-order valence-corrected chi connectivity index (χ1v) is 7.81. The smallest absolute Gasteiger partial charge is 0.0817 e. The van der Waals surface area contributed by atoms with E-state index in [2.05, 4.69) is 0 Å². The van der Waals surface area contributed by atoms with E-state index in [-0.39, 0.29) is 5.60 Å². The summed E-state index contributed by atoms with van der Waals surface area (Å²) in [6.07, 6.45) is 13.1. The fraction of sp³-hybridized carbons (Fsp3) is 1.00. The van der Waals surface area contributed by atoms with E-state index in [1.165, 1.54) is 38.5 Å². The van der Waals surface area contributed by atoms with Gasteiger partial charge in [0.05, 0.1) is 24.4 Å². The summed E-state index contributed by atoms with van der Waals surface area (Å²) < 4.78 is 12.3. The molecule has 3 heteroatoms. The monoisotopic (exact) mass is 253 g/mol. The van der Waals surface area contributed by atoms with Crippen molar-refractivity contribution in [2.24, 2.45) is 5.73 Å². The van der Waals surface area contributed by atoms with Gasteiger partial charge in [-0.15, -0.1) is 0 Å². The minimum absolute atomic E-state index is 0.253.